The van der Waals surface area contributed by atoms with E-state index in [0.29, 0.717) is 12.5 Å². The minimum absolute atomic E-state index is 0.163. The third kappa shape index (κ3) is 3.19. The van der Waals surface area contributed by atoms with Crippen molar-refractivity contribution >= 4 is 5.91 Å². The van der Waals surface area contributed by atoms with E-state index in [2.05, 4.69) is 39.8 Å². The van der Waals surface area contributed by atoms with Crippen LogP contribution in [0.1, 0.15) is 23.5 Å². The maximum Gasteiger partial charge on any atom is 0.234 e. The summed E-state index contributed by atoms with van der Waals surface area (Å²) >= 11 is 0. The molecule has 4 nitrogen and oxygen atoms in total. The second-order valence-corrected chi connectivity index (χ2v) is 5.78. The van der Waals surface area contributed by atoms with Crippen molar-refractivity contribution in [3.63, 3.8) is 0 Å². The molecule has 2 aliphatic rings. The minimum atomic E-state index is 0.163. The molecule has 108 valence electrons. The van der Waals surface area contributed by atoms with E-state index < -0.39 is 0 Å². The van der Waals surface area contributed by atoms with Crippen molar-refractivity contribution in [2.75, 3.05) is 39.3 Å². The number of benzene rings is 1. The molecule has 1 atom stereocenters. The summed E-state index contributed by atoms with van der Waals surface area (Å²) < 4.78 is 0. The van der Waals surface area contributed by atoms with Gasteiger partial charge in [0.05, 0.1) is 6.54 Å². The lowest BCUT2D eigenvalue weighted by atomic mass is 9.77. The van der Waals surface area contributed by atoms with Crippen LogP contribution in [-0.4, -0.2) is 50.1 Å². The summed E-state index contributed by atoms with van der Waals surface area (Å²) in [5, 5.41) is 6.45. The molecule has 2 N–H and O–H groups in total. The van der Waals surface area contributed by atoms with Gasteiger partial charge in [-0.15, -0.1) is 0 Å². The van der Waals surface area contributed by atoms with E-state index in [4.69, 9.17) is 0 Å². The van der Waals surface area contributed by atoms with E-state index in [9.17, 15) is 4.79 Å². The van der Waals surface area contributed by atoms with Crippen LogP contribution in [0.25, 0.3) is 0 Å². The summed E-state index contributed by atoms with van der Waals surface area (Å²) in [6, 6.07) is 8.52. The number of fused-ring (bicyclic) bond motifs is 1. The van der Waals surface area contributed by atoms with Crippen LogP contribution in [0.4, 0.5) is 0 Å². The van der Waals surface area contributed by atoms with Crippen LogP contribution in [0.2, 0.25) is 0 Å². The first-order chi connectivity index (χ1) is 9.83. The molecule has 1 heterocycles. The molecule has 1 unspecified atom stereocenters. The Labute approximate surface area is 120 Å². The molecule has 0 spiro atoms. The van der Waals surface area contributed by atoms with Crippen LogP contribution in [0.15, 0.2) is 24.3 Å². The Kier molecular flexibility index (Phi) is 4.33. The lowest BCUT2D eigenvalue weighted by Gasteiger charge is -2.30. The average molecular weight is 273 g/mol. The standard InChI is InChI=1S/C16H23N3O/c20-16(12-19-8-3-6-17-7-9-19)18-11-14-10-13-4-1-2-5-15(13)14/h1-2,4-5,14,17H,3,6-12H2,(H,18,20). The summed E-state index contributed by atoms with van der Waals surface area (Å²) in [4.78, 5) is 14.2. The van der Waals surface area contributed by atoms with Gasteiger partial charge in [-0.25, -0.2) is 0 Å². The summed E-state index contributed by atoms with van der Waals surface area (Å²) in [7, 11) is 0. The molecular weight excluding hydrogens is 250 g/mol. The number of rotatable bonds is 4. The number of carbonyl (C=O) groups is 1. The highest BCUT2D eigenvalue weighted by molar-refractivity contribution is 5.78. The third-order valence-electron chi connectivity index (χ3n) is 4.31. The van der Waals surface area contributed by atoms with Gasteiger partial charge in [0.1, 0.15) is 0 Å². The number of hydrogen-bond donors (Lipinski definition) is 2. The van der Waals surface area contributed by atoms with Crippen LogP contribution in [0, 0.1) is 0 Å². The van der Waals surface area contributed by atoms with Crippen molar-refractivity contribution in [1.29, 1.82) is 0 Å². The maximum absolute atomic E-state index is 12.0. The number of carbonyl (C=O) groups excluding carboxylic acids is 1. The zero-order valence-electron chi connectivity index (χ0n) is 11.9. The molecule has 1 amide bonds. The number of nitrogens with zero attached hydrogens (tertiary/aromatic N) is 1. The topological polar surface area (TPSA) is 44.4 Å². The first-order valence-electron chi connectivity index (χ1n) is 7.60. The zero-order valence-corrected chi connectivity index (χ0v) is 11.9. The lowest BCUT2D eigenvalue weighted by molar-refractivity contribution is -0.122. The van der Waals surface area contributed by atoms with Gasteiger partial charge in [0.25, 0.3) is 0 Å². The first kappa shape index (κ1) is 13.6. The molecule has 1 aliphatic heterocycles. The monoisotopic (exact) mass is 273 g/mol. The fourth-order valence-corrected chi connectivity index (χ4v) is 3.10. The van der Waals surface area contributed by atoms with Crippen molar-refractivity contribution < 1.29 is 4.79 Å². The molecule has 0 aromatic heterocycles. The van der Waals surface area contributed by atoms with Gasteiger partial charge in [0.15, 0.2) is 0 Å². The van der Waals surface area contributed by atoms with E-state index in [1.54, 1.807) is 0 Å². The van der Waals surface area contributed by atoms with Gasteiger partial charge in [0.2, 0.25) is 5.91 Å². The Hall–Kier alpha value is -1.39. The highest BCUT2D eigenvalue weighted by Gasteiger charge is 2.25. The molecule has 1 aromatic carbocycles. The Morgan fingerprint density at radius 1 is 1.30 bits per heavy atom. The summed E-state index contributed by atoms with van der Waals surface area (Å²) in [6.07, 6.45) is 2.23. The van der Waals surface area contributed by atoms with Crippen LogP contribution < -0.4 is 10.6 Å². The number of nitrogens with one attached hydrogen (secondary N) is 2. The predicted octanol–water partition coefficient (Wildman–Crippen LogP) is 0.738. The zero-order chi connectivity index (χ0) is 13.8. The second kappa shape index (κ2) is 6.37. The molecule has 20 heavy (non-hydrogen) atoms. The molecule has 4 heteroatoms. The quantitative estimate of drug-likeness (QED) is 0.850. The van der Waals surface area contributed by atoms with Gasteiger partial charge in [-0.2, -0.15) is 0 Å². The Balaban J connectivity index is 1.42. The van der Waals surface area contributed by atoms with Gasteiger partial charge >= 0.3 is 0 Å². The van der Waals surface area contributed by atoms with Crippen molar-refractivity contribution in [1.82, 2.24) is 15.5 Å². The molecule has 1 saturated heterocycles. The van der Waals surface area contributed by atoms with Crippen molar-refractivity contribution in [3.05, 3.63) is 35.4 Å². The highest BCUT2D eigenvalue weighted by atomic mass is 16.2. The molecule has 0 bridgehead atoms. The van der Waals surface area contributed by atoms with E-state index in [1.807, 2.05) is 0 Å². The average Bonchev–Trinajstić information content (AvgIpc) is 2.68. The molecule has 1 aromatic rings. The van der Waals surface area contributed by atoms with E-state index >= 15 is 0 Å². The van der Waals surface area contributed by atoms with E-state index in [1.165, 1.54) is 11.1 Å². The molecule has 1 fully saturated rings. The lowest BCUT2D eigenvalue weighted by Crippen LogP contribution is -2.41. The van der Waals surface area contributed by atoms with Gasteiger partial charge in [0, 0.05) is 25.6 Å². The van der Waals surface area contributed by atoms with Gasteiger partial charge < -0.3 is 10.6 Å². The molecular formula is C16H23N3O. The molecule has 0 saturated carbocycles. The summed E-state index contributed by atoms with van der Waals surface area (Å²) in [5.74, 6) is 0.678. The van der Waals surface area contributed by atoms with Crippen LogP contribution in [0.5, 0.6) is 0 Å². The number of amides is 1. The summed E-state index contributed by atoms with van der Waals surface area (Å²) in [6.45, 7) is 5.37. The van der Waals surface area contributed by atoms with Crippen LogP contribution in [-0.2, 0) is 11.2 Å². The van der Waals surface area contributed by atoms with Crippen molar-refractivity contribution in [3.8, 4) is 0 Å². The van der Waals surface area contributed by atoms with Gasteiger partial charge in [-0.1, -0.05) is 24.3 Å². The molecule has 0 radical (unpaired) electrons. The Morgan fingerprint density at radius 3 is 3.10 bits per heavy atom. The minimum Gasteiger partial charge on any atom is -0.354 e. The maximum atomic E-state index is 12.0. The summed E-state index contributed by atoms with van der Waals surface area (Å²) in [5.41, 5.74) is 2.84. The predicted molar refractivity (Wildman–Crippen MR) is 79.8 cm³/mol. The van der Waals surface area contributed by atoms with Gasteiger partial charge in [-0.05, 0) is 37.1 Å². The number of hydrogen-bond acceptors (Lipinski definition) is 3. The van der Waals surface area contributed by atoms with Gasteiger partial charge in [-0.3, -0.25) is 9.69 Å². The van der Waals surface area contributed by atoms with E-state index in [-0.39, 0.29) is 5.91 Å². The third-order valence-corrected chi connectivity index (χ3v) is 4.31. The normalized spacial score (nSPS) is 22.5. The Bertz CT molecular complexity index is 467. The van der Waals surface area contributed by atoms with E-state index in [0.717, 1.165) is 45.6 Å². The fraction of sp³-hybridized carbons (Fsp3) is 0.562. The molecule has 1 aliphatic carbocycles. The first-order valence-corrected chi connectivity index (χ1v) is 7.60. The highest BCUT2D eigenvalue weighted by Crippen LogP contribution is 2.33. The second-order valence-electron chi connectivity index (χ2n) is 5.78. The van der Waals surface area contributed by atoms with Crippen LogP contribution >= 0.6 is 0 Å². The SMILES string of the molecule is O=C(CN1CCCNCC1)NCC1Cc2ccccc21. The smallest absolute Gasteiger partial charge is 0.234 e. The van der Waals surface area contributed by atoms with Crippen LogP contribution in [0.3, 0.4) is 0 Å². The fourth-order valence-electron chi connectivity index (χ4n) is 3.10. The molecule has 3 rings (SSSR count). The Morgan fingerprint density at radius 2 is 2.20 bits per heavy atom. The largest absolute Gasteiger partial charge is 0.354 e. The van der Waals surface area contributed by atoms with Crippen molar-refractivity contribution in [2.45, 2.75) is 18.8 Å². The van der Waals surface area contributed by atoms with Crippen molar-refractivity contribution in [2.24, 2.45) is 0 Å².